The standard InChI is InChI=1S/C22H26N8O/c1-15-13-30-19(22(23-15)26(2)3)11-18(25-30)17-12-21(31)29-14-16(5-6-20(29)24-17)28-9-7-27(4)8-10-28/h5-6,11-14H,7-10H2,1-4H3. The van der Waals surface area contributed by atoms with E-state index in [9.17, 15) is 4.79 Å². The molecule has 9 heteroatoms. The molecule has 0 aliphatic carbocycles. The van der Waals surface area contributed by atoms with Crippen molar-refractivity contribution in [3.05, 3.63) is 52.7 Å². The van der Waals surface area contributed by atoms with E-state index in [4.69, 9.17) is 4.98 Å². The first-order valence-corrected chi connectivity index (χ1v) is 10.4. The highest BCUT2D eigenvalue weighted by molar-refractivity contribution is 5.74. The first-order chi connectivity index (χ1) is 14.9. The Bertz CT molecular complexity index is 1330. The second-order valence-electron chi connectivity index (χ2n) is 8.35. The largest absolute Gasteiger partial charge is 0.368 e. The lowest BCUT2D eigenvalue weighted by Crippen LogP contribution is -2.44. The molecule has 0 radical (unpaired) electrons. The van der Waals surface area contributed by atoms with Crippen LogP contribution in [0, 0.1) is 6.92 Å². The number of fused-ring (bicyclic) bond motifs is 2. The summed E-state index contributed by atoms with van der Waals surface area (Å²) in [4.78, 5) is 28.8. The van der Waals surface area contributed by atoms with Crippen molar-refractivity contribution >= 4 is 22.7 Å². The van der Waals surface area contributed by atoms with Crippen LogP contribution in [0.1, 0.15) is 5.69 Å². The summed E-state index contributed by atoms with van der Waals surface area (Å²) in [6.45, 7) is 5.87. The average Bonchev–Trinajstić information content (AvgIpc) is 3.17. The van der Waals surface area contributed by atoms with E-state index in [1.54, 1.807) is 15.0 Å². The van der Waals surface area contributed by atoms with Gasteiger partial charge in [-0.2, -0.15) is 5.10 Å². The summed E-state index contributed by atoms with van der Waals surface area (Å²) >= 11 is 0. The maximum atomic E-state index is 12.9. The predicted octanol–water partition coefficient (Wildman–Crippen LogP) is 1.53. The topological polar surface area (TPSA) is 74.3 Å². The summed E-state index contributed by atoms with van der Waals surface area (Å²) in [7, 11) is 6.03. The molecule has 0 aromatic carbocycles. The fraction of sp³-hybridized carbons (Fsp3) is 0.364. The molecular formula is C22H26N8O. The number of pyridine rings is 1. The third-order valence-corrected chi connectivity index (χ3v) is 5.75. The molecule has 9 nitrogen and oxygen atoms in total. The molecule has 0 saturated carbocycles. The van der Waals surface area contributed by atoms with Crippen LogP contribution in [0.25, 0.3) is 22.6 Å². The first-order valence-electron chi connectivity index (χ1n) is 10.4. The molecule has 1 fully saturated rings. The number of hydrogen-bond acceptors (Lipinski definition) is 7. The van der Waals surface area contributed by atoms with E-state index in [0.717, 1.165) is 48.9 Å². The molecule has 0 N–H and O–H groups in total. The van der Waals surface area contributed by atoms with Crippen LogP contribution >= 0.6 is 0 Å². The number of piperazine rings is 1. The molecule has 0 unspecified atom stereocenters. The lowest BCUT2D eigenvalue weighted by atomic mass is 10.2. The Labute approximate surface area is 180 Å². The summed E-state index contributed by atoms with van der Waals surface area (Å²) < 4.78 is 3.41. The fourth-order valence-electron chi connectivity index (χ4n) is 4.02. The quantitative estimate of drug-likeness (QED) is 0.500. The highest BCUT2D eigenvalue weighted by Crippen LogP contribution is 2.24. The van der Waals surface area contributed by atoms with E-state index in [1.807, 2.05) is 56.5 Å². The van der Waals surface area contributed by atoms with Crippen molar-refractivity contribution in [2.75, 3.05) is 57.1 Å². The van der Waals surface area contributed by atoms with Crippen LogP contribution in [0.3, 0.4) is 0 Å². The summed E-state index contributed by atoms with van der Waals surface area (Å²) in [6.07, 6.45) is 3.77. The molecule has 4 aromatic rings. The van der Waals surface area contributed by atoms with Gasteiger partial charge in [-0.15, -0.1) is 0 Å². The van der Waals surface area contributed by atoms with Gasteiger partial charge in [-0.3, -0.25) is 9.20 Å². The van der Waals surface area contributed by atoms with Gasteiger partial charge < -0.3 is 14.7 Å². The number of aromatic nitrogens is 5. The van der Waals surface area contributed by atoms with Crippen molar-refractivity contribution in [1.82, 2.24) is 28.9 Å². The second kappa shape index (κ2) is 7.35. The lowest BCUT2D eigenvalue weighted by molar-refractivity contribution is 0.313. The van der Waals surface area contributed by atoms with Crippen LogP contribution in [-0.4, -0.2) is 76.2 Å². The Hall–Kier alpha value is -3.46. The van der Waals surface area contributed by atoms with Crippen molar-refractivity contribution in [2.24, 2.45) is 0 Å². The molecule has 1 aliphatic rings. The Morgan fingerprint density at radius 3 is 2.48 bits per heavy atom. The average molecular weight is 419 g/mol. The molecule has 1 saturated heterocycles. The van der Waals surface area contributed by atoms with Gasteiger partial charge in [-0.25, -0.2) is 14.5 Å². The number of rotatable bonds is 3. The van der Waals surface area contributed by atoms with Gasteiger partial charge >= 0.3 is 0 Å². The SMILES string of the molecule is Cc1cn2nc(-c3cc(=O)n4cc(N5CCN(C)CC5)ccc4n3)cc2c(N(C)C)n1. The maximum Gasteiger partial charge on any atom is 0.258 e. The minimum Gasteiger partial charge on any atom is -0.368 e. The number of nitrogens with zero attached hydrogens (tertiary/aromatic N) is 8. The van der Waals surface area contributed by atoms with Crippen LogP contribution in [0.2, 0.25) is 0 Å². The van der Waals surface area contributed by atoms with E-state index < -0.39 is 0 Å². The molecule has 0 atom stereocenters. The monoisotopic (exact) mass is 418 g/mol. The first kappa shape index (κ1) is 19.5. The number of anilines is 2. The van der Waals surface area contributed by atoms with Crippen molar-refractivity contribution in [1.29, 1.82) is 0 Å². The van der Waals surface area contributed by atoms with Crippen LogP contribution in [0.4, 0.5) is 11.5 Å². The van der Waals surface area contributed by atoms with E-state index in [1.165, 1.54) is 0 Å². The number of likely N-dealkylation sites (N-methyl/N-ethyl adjacent to an activating group) is 1. The van der Waals surface area contributed by atoms with E-state index in [2.05, 4.69) is 26.9 Å². The summed E-state index contributed by atoms with van der Waals surface area (Å²) in [5.41, 5.74) is 4.49. The Morgan fingerprint density at radius 1 is 0.968 bits per heavy atom. The fourth-order valence-corrected chi connectivity index (χ4v) is 4.02. The third kappa shape index (κ3) is 3.50. The van der Waals surface area contributed by atoms with Crippen LogP contribution in [0.15, 0.2) is 41.5 Å². The smallest absolute Gasteiger partial charge is 0.258 e. The lowest BCUT2D eigenvalue weighted by Gasteiger charge is -2.34. The molecule has 0 bridgehead atoms. The minimum absolute atomic E-state index is 0.116. The third-order valence-electron chi connectivity index (χ3n) is 5.75. The molecule has 4 aromatic heterocycles. The van der Waals surface area contributed by atoms with Crippen LogP contribution in [-0.2, 0) is 0 Å². The van der Waals surface area contributed by atoms with Gasteiger partial charge in [0, 0.05) is 52.5 Å². The molecule has 0 amide bonds. The van der Waals surface area contributed by atoms with Crippen molar-refractivity contribution in [3.63, 3.8) is 0 Å². The van der Waals surface area contributed by atoms with E-state index in [0.29, 0.717) is 17.0 Å². The van der Waals surface area contributed by atoms with Gasteiger partial charge in [0.2, 0.25) is 0 Å². The summed E-state index contributed by atoms with van der Waals surface area (Å²) in [5, 5.41) is 4.66. The number of hydrogen-bond donors (Lipinski definition) is 0. The summed E-state index contributed by atoms with van der Waals surface area (Å²) in [6, 6.07) is 7.43. The molecule has 5 heterocycles. The van der Waals surface area contributed by atoms with Crippen LogP contribution < -0.4 is 15.4 Å². The second-order valence-corrected chi connectivity index (χ2v) is 8.35. The Kier molecular flexibility index (Phi) is 4.62. The molecule has 31 heavy (non-hydrogen) atoms. The Balaban J connectivity index is 1.56. The zero-order valence-corrected chi connectivity index (χ0v) is 18.3. The van der Waals surface area contributed by atoms with Crippen molar-refractivity contribution < 1.29 is 0 Å². The van der Waals surface area contributed by atoms with Gasteiger partial charge in [0.25, 0.3) is 5.56 Å². The van der Waals surface area contributed by atoms with Crippen molar-refractivity contribution in [2.45, 2.75) is 6.92 Å². The number of aryl methyl sites for hydroxylation is 1. The molecule has 0 spiro atoms. The van der Waals surface area contributed by atoms with Crippen molar-refractivity contribution in [3.8, 4) is 11.4 Å². The maximum absolute atomic E-state index is 12.9. The molecular weight excluding hydrogens is 392 g/mol. The highest BCUT2D eigenvalue weighted by atomic mass is 16.1. The molecule has 5 rings (SSSR count). The zero-order valence-electron chi connectivity index (χ0n) is 18.3. The highest BCUT2D eigenvalue weighted by Gasteiger charge is 2.17. The van der Waals surface area contributed by atoms with E-state index in [-0.39, 0.29) is 5.56 Å². The van der Waals surface area contributed by atoms with Gasteiger partial charge in [-0.05, 0) is 32.2 Å². The molecule has 160 valence electrons. The van der Waals surface area contributed by atoms with E-state index >= 15 is 0 Å². The predicted molar refractivity (Wildman–Crippen MR) is 122 cm³/mol. The van der Waals surface area contributed by atoms with Crippen LogP contribution in [0.5, 0.6) is 0 Å². The van der Waals surface area contributed by atoms with Gasteiger partial charge in [0.15, 0.2) is 5.82 Å². The Morgan fingerprint density at radius 2 is 1.74 bits per heavy atom. The normalized spacial score (nSPS) is 15.2. The zero-order chi connectivity index (χ0) is 21.7. The van der Waals surface area contributed by atoms with Gasteiger partial charge in [0.05, 0.1) is 23.3 Å². The molecule has 1 aliphatic heterocycles. The minimum atomic E-state index is -0.116. The van der Waals surface area contributed by atoms with Gasteiger partial charge in [0.1, 0.15) is 16.9 Å². The summed E-state index contributed by atoms with van der Waals surface area (Å²) in [5.74, 6) is 0.827. The van der Waals surface area contributed by atoms with Gasteiger partial charge in [-0.1, -0.05) is 0 Å².